The van der Waals surface area contributed by atoms with E-state index in [9.17, 15) is 14.0 Å². The van der Waals surface area contributed by atoms with Crippen LogP contribution in [-0.4, -0.2) is 76.8 Å². The second kappa shape index (κ2) is 14.0. The quantitative estimate of drug-likeness (QED) is 0.268. The number of nitrogens with one attached hydrogen (secondary N) is 1. The number of amides is 2. The van der Waals surface area contributed by atoms with E-state index in [2.05, 4.69) is 14.8 Å². The molecule has 5 rings (SSSR count). The van der Waals surface area contributed by atoms with Gasteiger partial charge in [0.05, 0.1) is 24.7 Å². The minimum absolute atomic E-state index is 0.113. The number of alkyl carbamates (subject to hydrolysis) is 1. The molecule has 1 fully saturated rings. The number of ether oxygens (including phenoxy) is 3. The van der Waals surface area contributed by atoms with Gasteiger partial charge in [-0.1, -0.05) is 30.3 Å². The summed E-state index contributed by atoms with van der Waals surface area (Å²) in [6, 6.07) is 19.9. The van der Waals surface area contributed by atoms with Gasteiger partial charge in [0, 0.05) is 39.3 Å². The van der Waals surface area contributed by atoms with E-state index in [0.717, 1.165) is 28.0 Å². The minimum Gasteiger partial charge on any atom is -0.493 e. The Bertz CT molecular complexity index is 1620. The van der Waals surface area contributed by atoms with Gasteiger partial charge in [-0.3, -0.25) is 9.69 Å². The highest BCUT2D eigenvalue weighted by Crippen LogP contribution is 2.28. The van der Waals surface area contributed by atoms with Gasteiger partial charge in [0.15, 0.2) is 18.1 Å². The molecule has 238 valence electrons. The van der Waals surface area contributed by atoms with E-state index < -0.39 is 11.7 Å². The molecule has 1 aliphatic heterocycles. The molecule has 0 bridgehead atoms. The lowest BCUT2D eigenvalue weighted by Crippen LogP contribution is -2.49. The lowest BCUT2D eigenvalue weighted by Gasteiger charge is -2.34. The molecule has 4 aromatic rings. The molecule has 0 saturated carbocycles. The fraction of sp³-hybridized carbons (Fsp3) is 0.382. The van der Waals surface area contributed by atoms with E-state index in [0.29, 0.717) is 50.8 Å². The zero-order chi connectivity index (χ0) is 32.0. The van der Waals surface area contributed by atoms with Crippen molar-refractivity contribution in [2.24, 2.45) is 0 Å². The van der Waals surface area contributed by atoms with Crippen LogP contribution < -0.4 is 14.8 Å². The van der Waals surface area contributed by atoms with E-state index >= 15 is 0 Å². The first-order chi connectivity index (χ1) is 21.6. The number of para-hydroxylation sites is 2. The number of fused-ring (bicyclic) bond motifs is 1. The Labute approximate surface area is 262 Å². The third kappa shape index (κ3) is 8.51. The smallest absolute Gasteiger partial charge is 0.407 e. The molecule has 0 radical (unpaired) electrons. The fourth-order valence-corrected chi connectivity index (χ4v) is 5.21. The number of nitrogens with zero attached hydrogens (tertiary/aromatic N) is 4. The van der Waals surface area contributed by atoms with Crippen molar-refractivity contribution in [1.29, 1.82) is 0 Å². The first kappa shape index (κ1) is 31.8. The average molecular weight is 618 g/mol. The Morgan fingerprint density at radius 2 is 1.62 bits per heavy atom. The van der Waals surface area contributed by atoms with Gasteiger partial charge in [-0.05, 0) is 68.3 Å². The van der Waals surface area contributed by atoms with E-state index in [1.54, 1.807) is 49.9 Å². The van der Waals surface area contributed by atoms with Crippen LogP contribution >= 0.6 is 0 Å². The van der Waals surface area contributed by atoms with Crippen molar-refractivity contribution < 1.29 is 28.2 Å². The number of carbonyl (C=O) groups is 2. The topological polar surface area (TPSA) is 98.2 Å². The summed E-state index contributed by atoms with van der Waals surface area (Å²) in [5.74, 6) is 1.48. The molecule has 2 amide bonds. The Kier molecular flexibility index (Phi) is 9.87. The molecular weight excluding hydrogens is 577 g/mol. The zero-order valence-corrected chi connectivity index (χ0v) is 26.2. The molecule has 1 aromatic heterocycles. The van der Waals surface area contributed by atoms with Crippen LogP contribution in [-0.2, 0) is 29.2 Å². The number of methoxy groups -OCH3 is 1. The molecule has 1 saturated heterocycles. The predicted molar refractivity (Wildman–Crippen MR) is 169 cm³/mol. The van der Waals surface area contributed by atoms with Gasteiger partial charge in [-0.15, -0.1) is 0 Å². The van der Waals surface area contributed by atoms with Crippen molar-refractivity contribution in [2.45, 2.75) is 46.0 Å². The highest BCUT2D eigenvalue weighted by molar-refractivity contribution is 5.78. The van der Waals surface area contributed by atoms with Gasteiger partial charge in [-0.2, -0.15) is 0 Å². The van der Waals surface area contributed by atoms with Crippen LogP contribution in [0.4, 0.5) is 9.18 Å². The van der Waals surface area contributed by atoms with Crippen molar-refractivity contribution in [3.8, 4) is 11.5 Å². The number of benzene rings is 3. The SMILES string of the molecule is COc1ccc(CNC(=O)OC(C)(C)C)cc1OCC(=O)N1CCN(Cc2nc3ccccc3n2Cc2ccc(F)cc2)CC1. The molecule has 0 atom stereocenters. The van der Waals surface area contributed by atoms with Gasteiger partial charge in [0.25, 0.3) is 5.91 Å². The highest BCUT2D eigenvalue weighted by Gasteiger charge is 2.24. The van der Waals surface area contributed by atoms with E-state index in [-0.39, 0.29) is 24.9 Å². The van der Waals surface area contributed by atoms with Crippen LogP contribution in [0.5, 0.6) is 11.5 Å². The Morgan fingerprint density at radius 3 is 2.33 bits per heavy atom. The maximum absolute atomic E-state index is 13.5. The molecule has 2 heterocycles. The first-order valence-corrected chi connectivity index (χ1v) is 15.0. The molecule has 45 heavy (non-hydrogen) atoms. The molecule has 1 N–H and O–H groups in total. The average Bonchev–Trinajstić information content (AvgIpc) is 3.35. The Morgan fingerprint density at radius 1 is 0.911 bits per heavy atom. The highest BCUT2D eigenvalue weighted by atomic mass is 19.1. The minimum atomic E-state index is -0.591. The molecule has 0 aliphatic carbocycles. The molecule has 10 nitrogen and oxygen atoms in total. The summed E-state index contributed by atoms with van der Waals surface area (Å²) in [4.78, 5) is 34.1. The van der Waals surface area contributed by atoms with Gasteiger partial charge in [0.1, 0.15) is 17.2 Å². The lowest BCUT2D eigenvalue weighted by atomic mass is 10.2. The molecule has 0 unspecified atom stereocenters. The standard InChI is InChI=1S/C34H40FN5O5/c1-34(2,3)45-33(42)36-20-25-11-14-29(43-4)30(19-25)44-23-32(41)39-17-15-38(16-18-39)22-31-37-27-7-5-6-8-28(27)40(31)21-24-9-12-26(35)13-10-24/h5-14,19H,15-18,20-23H2,1-4H3,(H,36,42). The number of piperazine rings is 1. The van der Waals surface area contributed by atoms with Crippen LogP contribution in [0.25, 0.3) is 11.0 Å². The Balaban J connectivity index is 1.15. The Hall–Kier alpha value is -4.64. The third-order valence-corrected chi connectivity index (χ3v) is 7.49. The summed E-state index contributed by atoms with van der Waals surface area (Å²) in [5, 5.41) is 2.73. The second-order valence-corrected chi connectivity index (χ2v) is 12.0. The number of aromatic nitrogens is 2. The predicted octanol–water partition coefficient (Wildman–Crippen LogP) is 4.98. The molecule has 11 heteroatoms. The lowest BCUT2D eigenvalue weighted by molar-refractivity contribution is -0.135. The second-order valence-electron chi connectivity index (χ2n) is 12.0. The summed E-state index contributed by atoms with van der Waals surface area (Å²) in [7, 11) is 1.54. The number of hydrogen-bond donors (Lipinski definition) is 1. The van der Waals surface area contributed by atoms with Crippen molar-refractivity contribution in [1.82, 2.24) is 24.7 Å². The van der Waals surface area contributed by atoms with Crippen molar-refractivity contribution in [3.05, 3.63) is 89.5 Å². The summed E-state index contributed by atoms with van der Waals surface area (Å²) >= 11 is 0. The molecular formula is C34H40FN5O5. The fourth-order valence-electron chi connectivity index (χ4n) is 5.21. The number of imidazole rings is 1. The van der Waals surface area contributed by atoms with Crippen LogP contribution in [0.2, 0.25) is 0 Å². The normalized spacial score (nSPS) is 13.9. The van der Waals surface area contributed by atoms with Crippen LogP contribution in [0, 0.1) is 5.82 Å². The summed E-state index contributed by atoms with van der Waals surface area (Å²) in [6.45, 7) is 9.27. The van der Waals surface area contributed by atoms with Gasteiger partial charge < -0.3 is 29.0 Å². The first-order valence-electron chi connectivity index (χ1n) is 15.0. The maximum Gasteiger partial charge on any atom is 0.407 e. The van der Waals surface area contributed by atoms with E-state index in [4.69, 9.17) is 19.2 Å². The number of hydrogen-bond acceptors (Lipinski definition) is 7. The van der Waals surface area contributed by atoms with Gasteiger partial charge >= 0.3 is 6.09 Å². The number of rotatable bonds is 10. The monoisotopic (exact) mass is 617 g/mol. The summed E-state index contributed by atoms with van der Waals surface area (Å²) < 4.78 is 32.3. The van der Waals surface area contributed by atoms with E-state index in [1.165, 1.54) is 19.2 Å². The number of halogens is 1. The van der Waals surface area contributed by atoms with E-state index in [1.807, 2.05) is 30.3 Å². The van der Waals surface area contributed by atoms with Gasteiger partial charge in [-0.25, -0.2) is 14.2 Å². The molecule has 3 aromatic carbocycles. The van der Waals surface area contributed by atoms with Crippen LogP contribution in [0.3, 0.4) is 0 Å². The van der Waals surface area contributed by atoms with Gasteiger partial charge in [0.2, 0.25) is 0 Å². The summed E-state index contributed by atoms with van der Waals surface area (Å²) in [6.07, 6.45) is -0.514. The zero-order valence-electron chi connectivity index (χ0n) is 26.2. The number of carbonyl (C=O) groups excluding carboxylic acids is 2. The van der Waals surface area contributed by atoms with Crippen molar-refractivity contribution >= 4 is 23.0 Å². The maximum atomic E-state index is 13.5. The third-order valence-electron chi connectivity index (χ3n) is 7.49. The van der Waals surface area contributed by atoms with Crippen LogP contribution in [0.15, 0.2) is 66.7 Å². The largest absolute Gasteiger partial charge is 0.493 e. The summed E-state index contributed by atoms with van der Waals surface area (Å²) in [5.41, 5.74) is 3.14. The molecule has 0 spiro atoms. The van der Waals surface area contributed by atoms with Crippen molar-refractivity contribution in [3.63, 3.8) is 0 Å². The molecule has 1 aliphatic rings. The van der Waals surface area contributed by atoms with Crippen molar-refractivity contribution in [2.75, 3.05) is 39.9 Å². The van der Waals surface area contributed by atoms with Crippen LogP contribution in [0.1, 0.15) is 37.7 Å².